The molecule has 0 aromatic carbocycles. The number of carbonyl (C=O) groups is 3. The molecule has 18 heavy (non-hydrogen) atoms. The van der Waals surface area contributed by atoms with Crippen LogP contribution in [0.1, 0.15) is 19.8 Å². The summed E-state index contributed by atoms with van der Waals surface area (Å²) in [5, 5.41) is 8.53. The van der Waals surface area contributed by atoms with Gasteiger partial charge in [0, 0.05) is 32.7 Å². The zero-order valence-electron chi connectivity index (χ0n) is 10.6. The number of nitrogens with zero attached hydrogens (tertiary/aromatic N) is 2. The van der Waals surface area contributed by atoms with E-state index in [-0.39, 0.29) is 18.2 Å². The monoisotopic (exact) mass is 274 g/mol. The largest absolute Gasteiger partial charge is 0.481 e. The third kappa shape index (κ3) is 3.90. The predicted molar refractivity (Wildman–Crippen MR) is 68.1 cm³/mol. The van der Waals surface area contributed by atoms with E-state index in [9.17, 15) is 14.4 Å². The lowest BCUT2D eigenvalue weighted by atomic mass is 10.2. The molecule has 0 unspecified atom stereocenters. The number of aliphatic carboxylic acids is 1. The molecule has 6 nitrogen and oxygen atoms in total. The molecule has 0 aromatic rings. The van der Waals surface area contributed by atoms with Gasteiger partial charge in [-0.05, 0) is 6.42 Å². The molecular formula is C11H18N2O4S. The van der Waals surface area contributed by atoms with Crippen molar-refractivity contribution >= 4 is 29.5 Å². The van der Waals surface area contributed by atoms with E-state index >= 15 is 0 Å². The first kappa shape index (κ1) is 14.8. The van der Waals surface area contributed by atoms with Gasteiger partial charge in [0.15, 0.2) is 0 Å². The lowest BCUT2D eigenvalue weighted by Gasteiger charge is -2.26. The van der Waals surface area contributed by atoms with E-state index in [1.807, 2.05) is 0 Å². The summed E-state index contributed by atoms with van der Waals surface area (Å²) < 4.78 is 0. The van der Waals surface area contributed by atoms with Crippen molar-refractivity contribution in [1.29, 1.82) is 0 Å². The maximum atomic E-state index is 12.1. The second kappa shape index (κ2) is 6.63. The van der Waals surface area contributed by atoms with Crippen LogP contribution in [0, 0.1) is 0 Å². The lowest BCUT2D eigenvalue weighted by Crippen LogP contribution is -2.47. The van der Waals surface area contributed by atoms with Crippen molar-refractivity contribution in [2.24, 2.45) is 0 Å². The van der Waals surface area contributed by atoms with Crippen molar-refractivity contribution in [3.8, 4) is 0 Å². The van der Waals surface area contributed by atoms with E-state index in [1.165, 1.54) is 11.8 Å². The zero-order chi connectivity index (χ0) is 13.7. The molecule has 102 valence electrons. The molecule has 0 aromatic heterocycles. The molecule has 0 spiro atoms. The first-order valence-electron chi connectivity index (χ1n) is 5.75. The highest BCUT2D eigenvalue weighted by molar-refractivity contribution is 7.99. The first-order chi connectivity index (χ1) is 8.43. The summed E-state index contributed by atoms with van der Waals surface area (Å²) in [6, 6.07) is -0.401. The second-order valence-corrected chi connectivity index (χ2v) is 5.26. The molecular weight excluding hydrogens is 256 g/mol. The van der Waals surface area contributed by atoms with Crippen LogP contribution in [0.2, 0.25) is 0 Å². The fraction of sp³-hybridized carbons (Fsp3) is 0.727. The molecule has 0 saturated carbocycles. The molecule has 1 saturated heterocycles. The van der Waals surface area contributed by atoms with E-state index in [4.69, 9.17) is 5.11 Å². The molecule has 1 fully saturated rings. The average Bonchev–Trinajstić information content (AvgIpc) is 2.76. The van der Waals surface area contributed by atoms with Crippen LogP contribution in [0.25, 0.3) is 0 Å². The van der Waals surface area contributed by atoms with Gasteiger partial charge in [0.05, 0.1) is 5.88 Å². The molecule has 7 heteroatoms. The van der Waals surface area contributed by atoms with Crippen LogP contribution in [0.3, 0.4) is 0 Å². The zero-order valence-corrected chi connectivity index (χ0v) is 11.4. The number of carboxylic acid groups (broad SMARTS) is 1. The molecule has 0 aliphatic carbocycles. The normalized spacial score (nSPS) is 18.8. The van der Waals surface area contributed by atoms with Crippen molar-refractivity contribution in [2.45, 2.75) is 25.8 Å². The topological polar surface area (TPSA) is 77.9 Å². The van der Waals surface area contributed by atoms with Gasteiger partial charge in [0.25, 0.3) is 0 Å². The van der Waals surface area contributed by atoms with E-state index in [0.717, 1.165) is 0 Å². The quantitative estimate of drug-likeness (QED) is 0.776. The minimum absolute atomic E-state index is 0.0491. The summed E-state index contributed by atoms with van der Waals surface area (Å²) in [7, 11) is 1.64. The summed E-state index contributed by atoms with van der Waals surface area (Å²) in [4.78, 5) is 36.9. The fourth-order valence-corrected chi connectivity index (χ4v) is 3.00. The molecule has 1 N–H and O–H groups in total. The maximum Gasteiger partial charge on any atom is 0.303 e. The number of rotatable bonds is 5. The second-order valence-electron chi connectivity index (χ2n) is 4.26. The van der Waals surface area contributed by atoms with E-state index in [1.54, 1.807) is 23.7 Å². The SMILES string of the molecule is CC(=O)N1CSC[C@H]1C(=O)N(C)CCCC(=O)O. The Labute approximate surface area is 110 Å². The Balaban J connectivity index is 2.47. The Morgan fingerprint density at radius 1 is 1.44 bits per heavy atom. The minimum Gasteiger partial charge on any atom is -0.481 e. The van der Waals surface area contributed by atoms with Gasteiger partial charge in [0.2, 0.25) is 11.8 Å². The number of amides is 2. The maximum absolute atomic E-state index is 12.1. The van der Waals surface area contributed by atoms with Gasteiger partial charge in [-0.3, -0.25) is 14.4 Å². The Kier molecular flexibility index (Phi) is 5.46. The number of likely N-dealkylation sites (N-methyl/N-ethyl adjacent to an activating group) is 1. The van der Waals surface area contributed by atoms with Crippen LogP contribution in [-0.2, 0) is 14.4 Å². The van der Waals surface area contributed by atoms with Crippen LogP contribution < -0.4 is 0 Å². The van der Waals surface area contributed by atoms with Gasteiger partial charge in [-0.25, -0.2) is 0 Å². The summed E-state index contributed by atoms with van der Waals surface area (Å²) >= 11 is 1.56. The molecule has 1 rings (SSSR count). The van der Waals surface area contributed by atoms with Crippen LogP contribution >= 0.6 is 11.8 Å². The molecule has 1 atom stereocenters. The number of hydrogen-bond acceptors (Lipinski definition) is 4. The van der Waals surface area contributed by atoms with E-state index in [2.05, 4.69) is 0 Å². The highest BCUT2D eigenvalue weighted by Crippen LogP contribution is 2.22. The molecule has 0 bridgehead atoms. The Bertz CT molecular complexity index is 348. The smallest absolute Gasteiger partial charge is 0.303 e. The summed E-state index contributed by atoms with van der Waals surface area (Å²) in [5.41, 5.74) is 0. The first-order valence-corrected chi connectivity index (χ1v) is 6.90. The summed E-state index contributed by atoms with van der Waals surface area (Å²) in [6.07, 6.45) is 0.477. The van der Waals surface area contributed by atoms with Gasteiger partial charge < -0.3 is 14.9 Å². The van der Waals surface area contributed by atoms with Gasteiger partial charge in [-0.15, -0.1) is 11.8 Å². The third-order valence-corrected chi connectivity index (χ3v) is 3.84. The number of carboxylic acids is 1. The lowest BCUT2D eigenvalue weighted by molar-refractivity contribution is -0.142. The van der Waals surface area contributed by atoms with Gasteiger partial charge in [0.1, 0.15) is 6.04 Å². The van der Waals surface area contributed by atoms with E-state index < -0.39 is 12.0 Å². The van der Waals surface area contributed by atoms with Crippen molar-refractivity contribution in [3.63, 3.8) is 0 Å². The fourth-order valence-electron chi connectivity index (χ4n) is 1.79. The number of hydrogen-bond donors (Lipinski definition) is 1. The van der Waals surface area contributed by atoms with Gasteiger partial charge in [-0.1, -0.05) is 0 Å². The molecule has 1 heterocycles. The summed E-state index contributed by atoms with van der Waals surface area (Å²) in [6.45, 7) is 1.86. The minimum atomic E-state index is -0.863. The van der Waals surface area contributed by atoms with Crippen LogP contribution in [0.4, 0.5) is 0 Å². The predicted octanol–water partition coefficient (Wildman–Crippen LogP) is 0.231. The average molecular weight is 274 g/mol. The summed E-state index contributed by atoms with van der Waals surface area (Å²) in [5.74, 6) is 0.0895. The number of carbonyl (C=O) groups excluding carboxylic acids is 2. The van der Waals surface area contributed by atoms with Gasteiger partial charge >= 0.3 is 5.97 Å². The van der Waals surface area contributed by atoms with Gasteiger partial charge in [-0.2, -0.15) is 0 Å². The van der Waals surface area contributed by atoms with Crippen molar-refractivity contribution in [2.75, 3.05) is 25.2 Å². The van der Waals surface area contributed by atoms with Crippen molar-refractivity contribution in [3.05, 3.63) is 0 Å². The third-order valence-electron chi connectivity index (χ3n) is 2.83. The Hall–Kier alpha value is -1.24. The van der Waals surface area contributed by atoms with Crippen LogP contribution in [0.15, 0.2) is 0 Å². The highest BCUT2D eigenvalue weighted by Gasteiger charge is 2.34. The molecule has 1 aliphatic heterocycles. The Morgan fingerprint density at radius 2 is 2.11 bits per heavy atom. The molecule has 0 radical (unpaired) electrons. The highest BCUT2D eigenvalue weighted by atomic mass is 32.2. The molecule has 1 aliphatic rings. The van der Waals surface area contributed by atoms with Crippen LogP contribution in [0.5, 0.6) is 0 Å². The number of thioether (sulfide) groups is 1. The van der Waals surface area contributed by atoms with Crippen molar-refractivity contribution in [1.82, 2.24) is 9.80 Å². The van der Waals surface area contributed by atoms with Crippen molar-refractivity contribution < 1.29 is 19.5 Å². The van der Waals surface area contributed by atoms with Crippen LogP contribution in [-0.4, -0.2) is 64.0 Å². The Morgan fingerprint density at radius 3 is 2.67 bits per heavy atom. The standard InChI is InChI=1S/C11H18N2O4S/c1-8(14)13-7-18-6-9(13)11(17)12(2)5-3-4-10(15)16/h9H,3-7H2,1-2H3,(H,15,16)/t9-/m0/s1. The molecule has 2 amide bonds. The van der Waals surface area contributed by atoms with E-state index in [0.29, 0.717) is 24.6 Å².